The summed E-state index contributed by atoms with van der Waals surface area (Å²) in [5.41, 5.74) is 0.501. The van der Waals surface area contributed by atoms with Crippen LogP contribution in [-0.2, 0) is 19.1 Å². The van der Waals surface area contributed by atoms with Crippen molar-refractivity contribution in [3.8, 4) is 6.07 Å². The van der Waals surface area contributed by atoms with Gasteiger partial charge >= 0.3 is 11.9 Å². The van der Waals surface area contributed by atoms with E-state index in [-0.39, 0.29) is 5.70 Å². The van der Waals surface area contributed by atoms with Crippen LogP contribution in [0.4, 0.5) is 0 Å². The maximum atomic E-state index is 11.5. The van der Waals surface area contributed by atoms with E-state index in [2.05, 4.69) is 14.8 Å². The van der Waals surface area contributed by atoms with Gasteiger partial charge in [0.05, 0.1) is 37.0 Å². The number of esters is 2. The Morgan fingerprint density at radius 1 is 1.44 bits per heavy atom. The lowest BCUT2D eigenvalue weighted by Gasteiger charge is -2.09. The van der Waals surface area contributed by atoms with E-state index < -0.39 is 11.9 Å². The van der Waals surface area contributed by atoms with Gasteiger partial charge in [-0.25, -0.2) is 9.59 Å². The van der Waals surface area contributed by atoms with Gasteiger partial charge < -0.3 is 14.8 Å². The Hall–Kier alpha value is -1.94. The summed E-state index contributed by atoms with van der Waals surface area (Å²) < 4.78 is 8.99. The molecule has 0 amide bonds. The normalized spacial score (nSPS) is 15.1. The number of carbonyl (C=O) groups is 2. The van der Waals surface area contributed by atoms with Crippen molar-refractivity contribution in [2.24, 2.45) is 0 Å². The predicted octanol–water partition coefficient (Wildman–Crippen LogP) is 0.678. The minimum Gasteiger partial charge on any atom is -0.466 e. The van der Waals surface area contributed by atoms with Crippen LogP contribution in [-0.4, -0.2) is 31.9 Å². The van der Waals surface area contributed by atoms with Crippen molar-refractivity contribution < 1.29 is 19.1 Å². The number of rotatable bonds is 4. The van der Waals surface area contributed by atoms with E-state index in [0.717, 1.165) is 11.8 Å². The van der Waals surface area contributed by atoms with Crippen molar-refractivity contribution >= 4 is 23.7 Å². The fraction of sp³-hybridized carbons (Fsp3) is 0.364. The average Bonchev–Trinajstić information content (AvgIpc) is 2.83. The second kappa shape index (κ2) is 6.71. The number of carbonyl (C=O) groups excluding carboxylic acids is 2. The maximum absolute atomic E-state index is 11.5. The summed E-state index contributed by atoms with van der Waals surface area (Å²) in [5.74, 6) is -0.611. The molecule has 0 aromatic heterocycles. The lowest BCUT2D eigenvalue weighted by Crippen LogP contribution is -2.21. The topological polar surface area (TPSA) is 88.4 Å². The first-order chi connectivity index (χ1) is 8.62. The van der Waals surface area contributed by atoms with Crippen molar-refractivity contribution in [1.82, 2.24) is 5.32 Å². The molecule has 0 unspecified atom stereocenters. The number of ether oxygens (including phenoxy) is 2. The van der Waals surface area contributed by atoms with Crippen molar-refractivity contribution in [3.05, 3.63) is 22.4 Å². The summed E-state index contributed by atoms with van der Waals surface area (Å²) in [4.78, 5) is 22.6. The minimum atomic E-state index is -0.697. The van der Waals surface area contributed by atoms with Crippen LogP contribution < -0.4 is 5.32 Å². The first kappa shape index (κ1) is 14.1. The third-order valence-corrected chi connectivity index (χ3v) is 3.17. The summed E-state index contributed by atoms with van der Waals surface area (Å²) in [6, 6.07) is 2.04. The molecule has 0 saturated heterocycles. The van der Waals surface area contributed by atoms with Gasteiger partial charge in [0.2, 0.25) is 0 Å². The molecule has 96 valence electrons. The lowest BCUT2D eigenvalue weighted by molar-refractivity contribution is -0.138. The molecule has 1 aliphatic heterocycles. The van der Waals surface area contributed by atoms with E-state index in [9.17, 15) is 9.59 Å². The van der Waals surface area contributed by atoms with Crippen LogP contribution in [0.15, 0.2) is 22.4 Å². The van der Waals surface area contributed by atoms with Crippen molar-refractivity contribution in [2.45, 2.75) is 6.42 Å². The molecule has 6 nitrogen and oxygen atoms in total. The number of hydrogen-bond donors (Lipinski definition) is 1. The number of allylic oxidation sites excluding steroid dienone is 1. The zero-order chi connectivity index (χ0) is 13.5. The molecule has 18 heavy (non-hydrogen) atoms. The highest BCUT2D eigenvalue weighted by atomic mass is 32.2. The Morgan fingerprint density at radius 3 is 2.72 bits per heavy atom. The average molecular weight is 268 g/mol. The molecule has 1 aliphatic rings. The maximum Gasteiger partial charge on any atom is 0.354 e. The smallest absolute Gasteiger partial charge is 0.354 e. The van der Waals surface area contributed by atoms with Crippen LogP contribution in [0.3, 0.4) is 0 Å². The second-order valence-corrected chi connectivity index (χ2v) is 4.32. The Morgan fingerprint density at radius 2 is 2.17 bits per heavy atom. The third kappa shape index (κ3) is 3.53. The molecule has 1 rings (SSSR count). The molecular formula is C11H12N2O4S. The number of nitriles is 1. The summed E-state index contributed by atoms with van der Waals surface area (Å²) in [7, 11) is 2.41. The molecule has 0 atom stereocenters. The molecule has 1 N–H and O–H groups in total. The predicted molar refractivity (Wildman–Crippen MR) is 65.0 cm³/mol. The van der Waals surface area contributed by atoms with E-state index in [4.69, 9.17) is 5.26 Å². The van der Waals surface area contributed by atoms with Crippen LogP contribution in [0.2, 0.25) is 0 Å². The number of nitrogens with zero attached hydrogens (tertiary/aromatic N) is 1. The lowest BCUT2D eigenvalue weighted by atomic mass is 10.2. The molecule has 0 bridgehead atoms. The van der Waals surface area contributed by atoms with Gasteiger partial charge in [-0.2, -0.15) is 5.26 Å². The largest absolute Gasteiger partial charge is 0.466 e. The molecular weight excluding hydrogens is 256 g/mol. The molecule has 0 aliphatic carbocycles. The molecule has 0 aromatic rings. The minimum absolute atomic E-state index is 0.0542. The molecule has 0 fully saturated rings. The van der Waals surface area contributed by atoms with Crippen LogP contribution >= 0.6 is 11.8 Å². The van der Waals surface area contributed by atoms with Crippen LogP contribution in [0, 0.1) is 11.3 Å². The van der Waals surface area contributed by atoms with Crippen molar-refractivity contribution in [3.63, 3.8) is 0 Å². The van der Waals surface area contributed by atoms with Crippen molar-refractivity contribution in [2.75, 3.05) is 20.0 Å². The Bertz CT molecular complexity index is 462. The summed E-state index contributed by atoms with van der Waals surface area (Å²) in [6.45, 7) is 0. The van der Waals surface area contributed by atoms with Gasteiger partial charge in [0.25, 0.3) is 0 Å². The Kier molecular flexibility index (Phi) is 5.27. The van der Waals surface area contributed by atoms with Crippen LogP contribution in [0.25, 0.3) is 0 Å². The molecule has 0 saturated carbocycles. The first-order valence-electron chi connectivity index (χ1n) is 5.03. The second-order valence-electron chi connectivity index (χ2n) is 3.22. The van der Waals surface area contributed by atoms with Crippen LogP contribution in [0.5, 0.6) is 0 Å². The standard InChI is InChI=1S/C11H12N2O4S/c1-16-9(14)5-8(11(15)17-2)13-10-7(6-12)3-4-18-10/h5,13H,3-4H2,1-2H3/b8-5-. The van der Waals surface area contributed by atoms with Crippen molar-refractivity contribution in [1.29, 1.82) is 5.26 Å². The van der Waals surface area contributed by atoms with Gasteiger partial charge in [-0.15, -0.1) is 11.8 Å². The number of methoxy groups -OCH3 is 2. The highest BCUT2D eigenvalue weighted by molar-refractivity contribution is 8.03. The summed E-state index contributed by atoms with van der Waals surface area (Å²) in [6.07, 6.45) is 1.63. The number of hydrogen-bond acceptors (Lipinski definition) is 7. The Labute approximate surface area is 109 Å². The molecule has 7 heteroatoms. The van der Waals surface area contributed by atoms with E-state index in [1.807, 2.05) is 6.07 Å². The van der Waals surface area contributed by atoms with Crippen LogP contribution in [0.1, 0.15) is 6.42 Å². The monoisotopic (exact) mass is 268 g/mol. The molecule has 0 radical (unpaired) electrons. The zero-order valence-corrected chi connectivity index (χ0v) is 10.8. The quantitative estimate of drug-likeness (QED) is 0.592. The first-order valence-corrected chi connectivity index (χ1v) is 6.02. The molecule has 0 aromatic carbocycles. The van der Waals surface area contributed by atoms with Gasteiger partial charge in [-0.3, -0.25) is 0 Å². The van der Waals surface area contributed by atoms with Gasteiger partial charge in [-0.05, 0) is 6.42 Å². The number of nitrogens with one attached hydrogen (secondary N) is 1. The zero-order valence-electron chi connectivity index (χ0n) is 9.98. The molecule has 1 heterocycles. The molecule has 0 spiro atoms. The highest BCUT2D eigenvalue weighted by Crippen LogP contribution is 2.29. The SMILES string of the molecule is COC(=O)/C=C(\NC1=C(C#N)CCS1)C(=O)OC. The van der Waals surface area contributed by atoms with E-state index in [1.165, 1.54) is 26.0 Å². The summed E-state index contributed by atoms with van der Waals surface area (Å²) in [5, 5.41) is 12.2. The van der Waals surface area contributed by atoms with E-state index >= 15 is 0 Å². The van der Waals surface area contributed by atoms with Gasteiger partial charge in [-0.1, -0.05) is 0 Å². The van der Waals surface area contributed by atoms with Gasteiger partial charge in [0.1, 0.15) is 5.70 Å². The Balaban J connectivity index is 2.93. The van der Waals surface area contributed by atoms with Gasteiger partial charge in [0.15, 0.2) is 0 Å². The third-order valence-electron chi connectivity index (χ3n) is 2.12. The fourth-order valence-corrected chi connectivity index (χ4v) is 2.24. The fourth-order valence-electron chi connectivity index (χ4n) is 1.23. The van der Waals surface area contributed by atoms with E-state index in [0.29, 0.717) is 17.0 Å². The summed E-state index contributed by atoms with van der Waals surface area (Å²) >= 11 is 1.41. The van der Waals surface area contributed by atoms with Gasteiger partial charge in [0, 0.05) is 5.75 Å². The highest BCUT2D eigenvalue weighted by Gasteiger charge is 2.20. The number of thioether (sulfide) groups is 1. The van der Waals surface area contributed by atoms with E-state index in [1.54, 1.807) is 0 Å².